The molecule has 5 nitrogen and oxygen atoms in total. The lowest BCUT2D eigenvalue weighted by molar-refractivity contribution is -0.137. The first kappa shape index (κ1) is 17.4. The summed E-state index contributed by atoms with van der Waals surface area (Å²) in [4.78, 5) is 12.1. The fourth-order valence-electron chi connectivity index (χ4n) is 1.99. The van der Waals surface area contributed by atoms with E-state index in [9.17, 15) is 18.0 Å². The van der Waals surface area contributed by atoms with E-state index < -0.39 is 17.6 Å². The lowest BCUT2D eigenvalue weighted by Crippen LogP contribution is -2.11. The van der Waals surface area contributed by atoms with Gasteiger partial charge >= 0.3 is 12.2 Å². The number of aromatic nitrogens is 2. The molecule has 0 saturated heterocycles. The van der Waals surface area contributed by atoms with Gasteiger partial charge in [0.05, 0.1) is 5.56 Å². The summed E-state index contributed by atoms with van der Waals surface area (Å²) in [6.45, 7) is 0. The van der Waals surface area contributed by atoms with Crippen LogP contribution in [0.3, 0.4) is 0 Å². The molecule has 25 heavy (non-hydrogen) atoms. The normalized spacial score (nSPS) is 11.4. The lowest BCUT2D eigenvalue weighted by atomic mass is 10.1. The quantitative estimate of drug-likeness (QED) is 0.581. The Morgan fingerprint density at radius 1 is 1.08 bits per heavy atom. The van der Waals surface area contributed by atoms with E-state index in [-0.39, 0.29) is 17.5 Å². The Hall–Kier alpha value is -2.43. The second-order valence-corrected chi connectivity index (χ2v) is 6.20. The Labute approximate surface area is 153 Å². The van der Waals surface area contributed by atoms with Gasteiger partial charge in [0.15, 0.2) is 0 Å². The van der Waals surface area contributed by atoms with E-state index in [0.29, 0.717) is 5.56 Å². The Morgan fingerprint density at radius 3 is 2.48 bits per heavy atom. The predicted molar refractivity (Wildman–Crippen MR) is 91.8 cm³/mol. The minimum Gasteiger partial charge on any atom is -0.403 e. The summed E-state index contributed by atoms with van der Waals surface area (Å²) in [7, 11) is 0. The van der Waals surface area contributed by atoms with E-state index in [1.165, 1.54) is 12.1 Å². The van der Waals surface area contributed by atoms with E-state index in [0.717, 1.165) is 15.7 Å². The highest BCUT2D eigenvalue weighted by molar-refractivity contribution is 14.1. The summed E-state index contributed by atoms with van der Waals surface area (Å²) in [5.41, 5.74) is -0.330. The van der Waals surface area contributed by atoms with Crippen molar-refractivity contribution in [1.29, 1.82) is 0 Å². The van der Waals surface area contributed by atoms with Gasteiger partial charge in [0.2, 0.25) is 5.89 Å². The first-order chi connectivity index (χ1) is 11.8. The van der Waals surface area contributed by atoms with Crippen molar-refractivity contribution in [3.63, 3.8) is 0 Å². The zero-order valence-electron chi connectivity index (χ0n) is 12.3. The molecule has 1 amide bonds. The van der Waals surface area contributed by atoms with Gasteiger partial charge in [0.25, 0.3) is 5.91 Å². The average molecular weight is 459 g/mol. The van der Waals surface area contributed by atoms with Crippen LogP contribution in [0.1, 0.15) is 15.9 Å². The van der Waals surface area contributed by atoms with E-state index in [4.69, 9.17) is 4.42 Å². The van der Waals surface area contributed by atoms with Crippen LogP contribution in [0.15, 0.2) is 52.9 Å². The molecule has 9 heteroatoms. The van der Waals surface area contributed by atoms with Crippen molar-refractivity contribution >= 4 is 34.5 Å². The number of carbonyl (C=O) groups is 1. The molecule has 0 spiro atoms. The van der Waals surface area contributed by atoms with E-state index in [1.807, 2.05) is 0 Å². The molecule has 0 bridgehead atoms. The average Bonchev–Trinajstić information content (AvgIpc) is 3.03. The third-order valence-corrected chi connectivity index (χ3v) is 3.91. The lowest BCUT2D eigenvalue weighted by Gasteiger charge is -2.06. The minimum atomic E-state index is -4.47. The standard InChI is InChI=1S/C16H9F3IN3O2/c17-16(18,19)11-3-1-2-10(8-11)14-22-23-15(25-14)21-13(24)9-4-6-12(20)7-5-9/h1-8H,(H,21,23,24). The van der Waals surface area contributed by atoms with Crippen LogP contribution >= 0.6 is 22.6 Å². The molecule has 0 aliphatic heterocycles. The van der Waals surface area contributed by atoms with E-state index in [2.05, 4.69) is 38.1 Å². The van der Waals surface area contributed by atoms with Crippen LogP contribution in [0.5, 0.6) is 0 Å². The summed E-state index contributed by atoms with van der Waals surface area (Å²) < 4.78 is 44.5. The molecule has 1 aromatic heterocycles. The van der Waals surface area contributed by atoms with Gasteiger partial charge in [-0.3, -0.25) is 10.1 Å². The third kappa shape index (κ3) is 4.16. The topological polar surface area (TPSA) is 68.0 Å². The second-order valence-electron chi connectivity index (χ2n) is 4.95. The summed E-state index contributed by atoms with van der Waals surface area (Å²) in [5, 5.41) is 9.72. The van der Waals surface area contributed by atoms with Crippen molar-refractivity contribution in [1.82, 2.24) is 10.2 Å². The number of rotatable bonds is 3. The Balaban J connectivity index is 1.79. The number of alkyl halides is 3. The van der Waals surface area contributed by atoms with Crippen molar-refractivity contribution in [2.24, 2.45) is 0 Å². The Morgan fingerprint density at radius 2 is 1.80 bits per heavy atom. The van der Waals surface area contributed by atoms with Gasteiger partial charge in [-0.25, -0.2) is 0 Å². The van der Waals surface area contributed by atoms with Crippen LogP contribution in [-0.4, -0.2) is 16.1 Å². The van der Waals surface area contributed by atoms with Crippen LogP contribution < -0.4 is 5.32 Å². The van der Waals surface area contributed by atoms with Gasteiger partial charge in [-0.05, 0) is 65.1 Å². The van der Waals surface area contributed by atoms with Crippen LogP contribution in [0, 0.1) is 3.57 Å². The zero-order valence-corrected chi connectivity index (χ0v) is 14.5. The van der Waals surface area contributed by atoms with Crippen LogP contribution in [0.2, 0.25) is 0 Å². The molecule has 0 radical (unpaired) electrons. The van der Waals surface area contributed by atoms with Gasteiger partial charge in [-0.2, -0.15) is 13.2 Å². The summed E-state index contributed by atoms with van der Waals surface area (Å²) >= 11 is 2.11. The molecular weight excluding hydrogens is 450 g/mol. The number of halogens is 4. The maximum Gasteiger partial charge on any atom is 0.416 e. The first-order valence-corrected chi connectivity index (χ1v) is 7.99. The van der Waals surface area contributed by atoms with E-state index in [1.54, 1.807) is 24.3 Å². The number of amides is 1. The number of anilines is 1. The van der Waals surface area contributed by atoms with Crippen LogP contribution in [0.25, 0.3) is 11.5 Å². The van der Waals surface area contributed by atoms with Gasteiger partial charge in [-0.1, -0.05) is 11.2 Å². The Bertz CT molecular complexity index is 907. The molecule has 1 heterocycles. The maximum atomic E-state index is 12.8. The number of hydrogen-bond acceptors (Lipinski definition) is 4. The molecule has 2 aromatic carbocycles. The molecule has 0 aliphatic carbocycles. The molecule has 0 fully saturated rings. The zero-order chi connectivity index (χ0) is 18.0. The molecule has 0 unspecified atom stereocenters. The molecule has 0 atom stereocenters. The summed E-state index contributed by atoms with van der Waals surface area (Å²) in [6.07, 6.45) is -4.47. The summed E-state index contributed by atoms with van der Waals surface area (Å²) in [5.74, 6) is -0.584. The fourth-order valence-corrected chi connectivity index (χ4v) is 2.35. The highest BCUT2D eigenvalue weighted by Gasteiger charge is 2.30. The van der Waals surface area contributed by atoms with Gasteiger partial charge in [0, 0.05) is 14.7 Å². The minimum absolute atomic E-state index is 0.108. The van der Waals surface area contributed by atoms with E-state index >= 15 is 0 Å². The number of benzene rings is 2. The number of nitrogens with one attached hydrogen (secondary N) is 1. The van der Waals surface area contributed by atoms with Gasteiger partial charge in [-0.15, -0.1) is 5.10 Å². The SMILES string of the molecule is O=C(Nc1nnc(-c2cccc(C(F)(F)F)c2)o1)c1ccc(I)cc1. The van der Waals surface area contributed by atoms with Crippen molar-refractivity contribution in [2.75, 3.05) is 5.32 Å². The molecular formula is C16H9F3IN3O2. The Kier molecular flexibility index (Phi) is 4.75. The molecule has 1 N–H and O–H groups in total. The highest BCUT2D eigenvalue weighted by atomic mass is 127. The fraction of sp³-hybridized carbons (Fsp3) is 0.0625. The van der Waals surface area contributed by atoms with Gasteiger partial charge in [0.1, 0.15) is 0 Å². The van der Waals surface area contributed by atoms with Crippen molar-refractivity contribution in [2.45, 2.75) is 6.18 Å². The summed E-state index contributed by atoms with van der Waals surface area (Å²) in [6, 6.07) is 11.1. The number of nitrogens with zero attached hydrogens (tertiary/aromatic N) is 2. The molecule has 0 aliphatic rings. The first-order valence-electron chi connectivity index (χ1n) is 6.91. The highest BCUT2D eigenvalue weighted by Crippen LogP contribution is 2.32. The smallest absolute Gasteiger partial charge is 0.403 e. The number of carbonyl (C=O) groups excluding carboxylic acids is 1. The van der Waals surface area contributed by atoms with Crippen molar-refractivity contribution < 1.29 is 22.4 Å². The molecule has 128 valence electrons. The van der Waals surface area contributed by atoms with Crippen molar-refractivity contribution in [3.05, 3.63) is 63.2 Å². The maximum absolute atomic E-state index is 12.8. The monoisotopic (exact) mass is 459 g/mol. The third-order valence-electron chi connectivity index (χ3n) is 3.19. The van der Waals surface area contributed by atoms with Crippen LogP contribution in [-0.2, 0) is 6.18 Å². The van der Waals surface area contributed by atoms with Gasteiger partial charge < -0.3 is 4.42 Å². The van der Waals surface area contributed by atoms with Crippen LogP contribution in [0.4, 0.5) is 19.2 Å². The number of hydrogen-bond donors (Lipinski definition) is 1. The van der Waals surface area contributed by atoms with Crippen molar-refractivity contribution in [3.8, 4) is 11.5 Å². The molecule has 3 rings (SSSR count). The largest absolute Gasteiger partial charge is 0.416 e. The molecule has 3 aromatic rings. The second kappa shape index (κ2) is 6.82. The molecule has 0 saturated carbocycles. The predicted octanol–water partition coefficient (Wildman–Crippen LogP) is 4.61.